The van der Waals surface area contributed by atoms with Crippen molar-refractivity contribution in [2.45, 2.75) is 5.16 Å². The van der Waals surface area contributed by atoms with Crippen LogP contribution in [0.25, 0.3) is 5.69 Å². The molecule has 128 valence electrons. The fourth-order valence-electron chi connectivity index (χ4n) is 1.94. The van der Waals surface area contributed by atoms with Crippen LogP contribution in [-0.2, 0) is 0 Å². The lowest BCUT2D eigenvalue weighted by atomic mass is 10.1. The molecule has 0 aliphatic carbocycles. The van der Waals surface area contributed by atoms with E-state index in [4.69, 9.17) is 46.4 Å². The van der Waals surface area contributed by atoms with Crippen LogP contribution in [0, 0.1) is 0 Å². The van der Waals surface area contributed by atoms with Crippen LogP contribution in [0.15, 0.2) is 41.6 Å². The van der Waals surface area contributed by atoms with Crippen LogP contribution in [0.2, 0.25) is 20.1 Å². The van der Waals surface area contributed by atoms with Gasteiger partial charge in [0.15, 0.2) is 5.78 Å². The lowest BCUT2D eigenvalue weighted by molar-refractivity contribution is 0.102. The smallest absolute Gasteiger partial charge is 0.214 e. The van der Waals surface area contributed by atoms with Gasteiger partial charge in [0.05, 0.1) is 26.5 Å². The standard InChI is InChI=1S/C15H8Cl4N4OS/c16-9-3-1-8(2-4-9)14(24)7-25-15-20-21-22-23(15)13-6-11(18)10(17)5-12(13)19/h1-6H,7H2. The molecule has 10 heteroatoms. The van der Waals surface area contributed by atoms with Crippen LogP contribution < -0.4 is 0 Å². The van der Waals surface area contributed by atoms with Gasteiger partial charge in [-0.1, -0.05) is 58.2 Å². The highest BCUT2D eigenvalue weighted by Crippen LogP contribution is 2.32. The first-order valence-electron chi connectivity index (χ1n) is 6.80. The number of Topliss-reactive ketones (excluding diaryl/α,β-unsaturated/α-hetero) is 1. The highest BCUT2D eigenvalue weighted by molar-refractivity contribution is 7.99. The normalized spacial score (nSPS) is 10.9. The predicted octanol–water partition coefficient (Wildman–Crippen LogP) is 5.25. The van der Waals surface area contributed by atoms with Gasteiger partial charge in [-0.15, -0.1) is 5.10 Å². The topological polar surface area (TPSA) is 60.7 Å². The van der Waals surface area contributed by atoms with Crippen molar-refractivity contribution < 1.29 is 4.79 Å². The number of nitrogens with zero attached hydrogens (tertiary/aromatic N) is 4. The van der Waals surface area contributed by atoms with Gasteiger partial charge in [0.25, 0.3) is 0 Å². The van der Waals surface area contributed by atoms with Gasteiger partial charge < -0.3 is 0 Å². The Kier molecular flexibility index (Phi) is 5.86. The van der Waals surface area contributed by atoms with Gasteiger partial charge in [0.2, 0.25) is 5.16 Å². The van der Waals surface area contributed by atoms with E-state index >= 15 is 0 Å². The highest BCUT2D eigenvalue weighted by Gasteiger charge is 2.16. The molecule has 0 unspecified atom stereocenters. The van der Waals surface area contributed by atoms with Crippen molar-refractivity contribution in [2.75, 3.05) is 5.75 Å². The van der Waals surface area contributed by atoms with Gasteiger partial charge in [0.1, 0.15) is 0 Å². The first-order valence-corrected chi connectivity index (χ1v) is 9.30. The zero-order valence-corrected chi connectivity index (χ0v) is 16.1. The summed E-state index contributed by atoms with van der Waals surface area (Å²) in [6, 6.07) is 9.75. The Morgan fingerprint density at radius 1 is 1.00 bits per heavy atom. The fraction of sp³-hybridized carbons (Fsp3) is 0.0667. The zero-order valence-electron chi connectivity index (χ0n) is 12.3. The maximum Gasteiger partial charge on any atom is 0.214 e. The maximum atomic E-state index is 12.3. The maximum absolute atomic E-state index is 12.3. The molecule has 0 fully saturated rings. The molecule has 0 N–H and O–H groups in total. The summed E-state index contributed by atoms with van der Waals surface area (Å²) < 4.78 is 1.41. The minimum absolute atomic E-state index is 0.0727. The molecule has 25 heavy (non-hydrogen) atoms. The SMILES string of the molecule is O=C(CSc1nnnn1-c1cc(Cl)c(Cl)cc1Cl)c1ccc(Cl)cc1. The number of ketones is 1. The van der Waals surface area contributed by atoms with Gasteiger partial charge in [0, 0.05) is 10.6 Å². The van der Waals surface area contributed by atoms with Gasteiger partial charge in [-0.2, -0.15) is 4.68 Å². The molecule has 0 radical (unpaired) electrons. The number of thioether (sulfide) groups is 1. The molecular weight excluding hydrogens is 426 g/mol. The van der Waals surface area contributed by atoms with Crippen molar-refractivity contribution in [3.63, 3.8) is 0 Å². The third-order valence-corrected chi connectivity index (χ3v) is 5.35. The van der Waals surface area contributed by atoms with E-state index in [2.05, 4.69) is 15.5 Å². The molecule has 1 aromatic heterocycles. The van der Waals surface area contributed by atoms with E-state index in [0.717, 1.165) is 0 Å². The molecule has 0 spiro atoms. The first-order chi connectivity index (χ1) is 12.0. The number of carbonyl (C=O) groups is 1. The molecule has 0 amide bonds. The molecular formula is C15H8Cl4N4OS. The van der Waals surface area contributed by atoms with E-state index in [0.29, 0.717) is 36.5 Å². The molecule has 0 saturated carbocycles. The summed E-state index contributed by atoms with van der Waals surface area (Å²) in [5, 5.41) is 13.4. The number of hydrogen-bond donors (Lipinski definition) is 0. The molecule has 0 aliphatic rings. The second kappa shape index (κ2) is 7.93. The molecule has 0 atom stereocenters. The van der Waals surface area contributed by atoms with E-state index in [9.17, 15) is 4.79 Å². The van der Waals surface area contributed by atoms with E-state index in [1.54, 1.807) is 30.3 Å². The van der Waals surface area contributed by atoms with E-state index in [1.165, 1.54) is 22.5 Å². The van der Waals surface area contributed by atoms with Crippen LogP contribution in [0.1, 0.15) is 10.4 Å². The van der Waals surface area contributed by atoms with E-state index in [1.807, 2.05) is 0 Å². The Morgan fingerprint density at radius 2 is 1.68 bits per heavy atom. The summed E-state index contributed by atoms with van der Waals surface area (Å²) >= 11 is 25.2. The van der Waals surface area contributed by atoms with E-state index < -0.39 is 0 Å². The van der Waals surface area contributed by atoms with Crippen molar-refractivity contribution in [2.24, 2.45) is 0 Å². The Balaban J connectivity index is 1.80. The first kappa shape index (κ1) is 18.5. The van der Waals surface area contributed by atoms with Crippen LogP contribution in [0.5, 0.6) is 0 Å². The number of hydrogen-bond acceptors (Lipinski definition) is 5. The average molecular weight is 434 g/mol. The lowest BCUT2D eigenvalue weighted by Crippen LogP contribution is -2.05. The Labute approximate surface area is 167 Å². The van der Waals surface area contributed by atoms with Crippen LogP contribution >= 0.6 is 58.2 Å². The molecule has 0 saturated heterocycles. The summed E-state index contributed by atoms with van der Waals surface area (Å²) in [7, 11) is 0. The second-order valence-corrected chi connectivity index (χ2v) is 7.41. The average Bonchev–Trinajstić information content (AvgIpc) is 3.05. The minimum Gasteiger partial charge on any atom is -0.293 e. The summed E-state index contributed by atoms with van der Waals surface area (Å²) in [5.74, 6) is 0.0810. The molecule has 5 nitrogen and oxygen atoms in total. The Morgan fingerprint density at radius 3 is 2.40 bits per heavy atom. The monoisotopic (exact) mass is 432 g/mol. The molecule has 2 aromatic carbocycles. The lowest BCUT2D eigenvalue weighted by Gasteiger charge is -2.08. The van der Waals surface area contributed by atoms with Gasteiger partial charge >= 0.3 is 0 Å². The number of halogens is 4. The predicted molar refractivity (Wildman–Crippen MR) is 101 cm³/mol. The summed E-state index contributed by atoms with van der Waals surface area (Å²) in [6.07, 6.45) is 0. The Hall–Kier alpha value is -1.31. The quantitative estimate of drug-likeness (QED) is 0.312. The summed E-state index contributed by atoms with van der Waals surface area (Å²) in [6.45, 7) is 0. The number of rotatable bonds is 5. The van der Waals surface area contributed by atoms with Gasteiger partial charge in [-0.05, 0) is 46.8 Å². The number of benzene rings is 2. The molecule has 3 rings (SSSR count). The van der Waals surface area contributed by atoms with Crippen molar-refractivity contribution >= 4 is 63.9 Å². The van der Waals surface area contributed by atoms with Crippen LogP contribution in [0.4, 0.5) is 0 Å². The van der Waals surface area contributed by atoms with E-state index in [-0.39, 0.29) is 11.5 Å². The number of aromatic nitrogens is 4. The fourth-order valence-corrected chi connectivity index (χ4v) is 3.47. The van der Waals surface area contributed by atoms with Crippen molar-refractivity contribution in [1.29, 1.82) is 0 Å². The molecule has 1 heterocycles. The van der Waals surface area contributed by atoms with Crippen molar-refractivity contribution in [3.8, 4) is 5.69 Å². The molecule has 3 aromatic rings. The van der Waals surface area contributed by atoms with Crippen molar-refractivity contribution in [1.82, 2.24) is 20.2 Å². The molecule has 0 aliphatic heterocycles. The summed E-state index contributed by atoms with van der Waals surface area (Å²) in [5.41, 5.74) is 1.03. The third-order valence-electron chi connectivity index (χ3n) is 3.16. The van der Waals surface area contributed by atoms with Crippen molar-refractivity contribution in [3.05, 3.63) is 62.1 Å². The third kappa shape index (κ3) is 4.27. The zero-order chi connectivity index (χ0) is 18.0. The van der Waals surface area contributed by atoms with Crippen LogP contribution in [-0.4, -0.2) is 31.7 Å². The van der Waals surface area contributed by atoms with Crippen LogP contribution in [0.3, 0.4) is 0 Å². The second-order valence-electron chi connectivity index (χ2n) is 4.81. The largest absolute Gasteiger partial charge is 0.293 e. The number of tetrazole rings is 1. The Bertz CT molecular complexity index is 930. The highest BCUT2D eigenvalue weighted by atomic mass is 35.5. The summed E-state index contributed by atoms with van der Waals surface area (Å²) in [4.78, 5) is 12.3. The number of carbonyl (C=O) groups excluding carboxylic acids is 1. The van der Waals surface area contributed by atoms with Gasteiger partial charge in [-0.25, -0.2) is 0 Å². The van der Waals surface area contributed by atoms with Gasteiger partial charge in [-0.3, -0.25) is 4.79 Å². The molecule has 0 bridgehead atoms. The minimum atomic E-state index is -0.0727.